The first-order chi connectivity index (χ1) is 13.3. The Bertz CT molecular complexity index is 731. The smallest absolute Gasteiger partial charge is 0.243 e. The van der Waals surface area contributed by atoms with E-state index in [9.17, 15) is 8.42 Å². The number of nitrogens with two attached hydrogens (primary N) is 1. The van der Waals surface area contributed by atoms with Gasteiger partial charge in [-0.3, -0.25) is 0 Å². The molecule has 158 valence electrons. The molecule has 1 saturated heterocycles. The van der Waals surface area contributed by atoms with Crippen LogP contribution in [0.4, 0.5) is 0 Å². The topological polar surface area (TPSA) is 72.6 Å². The van der Waals surface area contributed by atoms with Crippen molar-refractivity contribution in [3.8, 4) is 0 Å². The van der Waals surface area contributed by atoms with Gasteiger partial charge in [-0.1, -0.05) is 25.4 Å². The molecule has 0 amide bonds. The number of benzene rings is 1. The maximum absolute atomic E-state index is 13.2. The summed E-state index contributed by atoms with van der Waals surface area (Å²) in [4.78, 5) is 0.258. The standard InChI is InChI=1S/C21H33ClN2O3S/c1-15(2)16-5-9-18(10-6-16)27-14-21-20(23)4-3-13-24(21)28(25,26)19-11-7-17(22)8-12-19/h7-8,11-12,15-16,18,20-21H,3-6,9-10,13-14,23H2,1-2H3/t16?,18?,20-,21-/m0/s1. The molecule has 0 spiro atoms. The quantitative estimate of drug-likeness (QED) is 0.741. The number of piperidine rings is 1. The highest BCUT2D eigenvalue weighted by molar-refractivity contribution is 7.89. The predicted molar refractivity (Wildman–Crippen MR) is 113 cm³/mol. The lowest BCUT2D eigenvalue weighted by Gasteiger charge is -2.40. The zero-order chi connectivity index (χ0) is 20.3. The minimum Gasteiger partial charge on any atom is -0.376 e. The fraction of sp³-hybridized carbons (Fsp3) is 0.714. The minimum absolute atomic E-state index is 0.206. The van der Waals surface area contributed by atoms with Gasteiger partial charge in [0.05, 0.1) is 23.6 Å². The summed E-state index contributed by atoms with van der Waals surface area (Å²) in [5.41, 5.74) is 6.34. The Morgan fingerprint density at radius 2 is 1.79 bits per heavy atom. The van der Waals surface area contributed by atoms with Crippen LogP contribution in [-0.2, 0) is 14.8 Å². The zero-order valence-corrected chi connectivity index (χ0v) is 18.5. The van der Waals surface area contributed by atoms with Gasteiger partial charge in [0.25, 0.3) is 0 Å². The molecule has 0 aromatic heterocycles. The van der Waals surface area contributed by atoms with E-state index in [-0.39, 0.29) is 23.1 Å². The molecule has 1 aliphatic heterocycles. The Balaban J connectivity index is 1.67. The van der Waals surface area contributed by atoms with Gasteiger partial charge in [0.2, 0.25) is 10.0 Å². The molecule has 0 unspecified atom stereocenters. The number of nitrogens with zero attached hydrogens (tertiary/aromatic N) is 1. The first-order valence-corrected chi connectivity index (χ1v) is 12.3. The summed E-state index contributed by atoms with van der Waals surface area (Å²) in [5, 5.41) is 0.520. The minimum atomic E-state index is -3.62. The van der Waals surface area contributed by atoms with Crippen molar-refractivity contribution in [2.45, 2.75) is 75.5 Å². The largest absolute Gasteiger partial charge is 0.376 e. The molecular weight excluding hydrogens is 396 g/mol. The van der Waals surface area contributed by atoms with Crippen LogP contribution in [0.15, 0.2) is 29.2 Å². The molecule has 0 radical (unpaired) electrons. The summed E-state index contributed by atoms with van der Waals surface area (Å²) in [6.45, 7) is 5.41. The molecule has 1 aliphatic carbocycles. The maximum Gasteiger partial charge on any atom is 0.243 e. The Hall–Kier alpha value is -0.660. The van der Waals surface area contributed by atoms with E-state index < -0.39 is 10.0 Å². The van der Waals surface area contributed by atoms with Gasteiger partial charge >= 0.3 is 0 Å². The van der Waals surface area contributed by atoms with Gasteiger partial charge in [0, 0.05) is 17.6 Å². The molecular formula is C21H33ClN2O3S. The molecule has 1 aromatic rings. The molecule has 3 rings (SSSR count). The summed E-state index contributed by atoms with van der Waals surface area (Å²) < 4.78 is 34.1. The van der Waals surface area contributed by atoms with Crippen LogP contribution in [0.1, 0.15) is 52.4 Å². The van der Waals surface area contributed by atoms with E-state index in [1.165, 1.54) is 12.8 Å². The van der Waals surface area contributed by atoms with Crippen molar-refractivity contribution in [3.63, 3.8) is 0 Å². The highest BCUT2D eigenvalue weighted by atomic mass is 35.5. The van der Waals surface area contributed by atoms with Gasteiger partial charge in [0.15, 0.2) is 0 Å². The van der Waals surface area contributed by atoms with E-state index in [2.05, 4.69) is 13.8 Å². The molecule has 2 atom stereocenters. The van der Waals surface area contributed by atoms with Gasteiger partial charge in [-0.05, 0) is 74.6 Å². The highest BCUT2D eigenvalue weighted by Crippen LogP contribution is 2.32. The molecule has 1 saturated carbocycles. The fourth-order valence-electron chi connectivity index (χ4n) is 4.46. The summed E-state index contributed by atoms with van der Waals surface area (Å²) in [6, 6.07) is 5.81. The summed E-state index contributed by atoms with van der Waals surface area (Å²) >= 11 is 5.92. The molecule has 28 heavy (non-hydrogen) atoms. The van der Waals surface area contributed by atoms with E-state index in [4.69, 9.17) is 22.1 Å². The van der Waals surface area contributed by atoms with Crippen LogP contribution < -0.4 is 5.73 Å². The lowest BCUT2D eigenvalue weighted by atomic mass is 9.80. The summed E-state index contributed by atoms with van der Waals surface area (Å²) in [7, 11) is -3.62. The number of hydrogen-bond acceptors (Lipinski definition) is 4. The van der Waals surface area contributed by atoms with Crippen molar-refractivity contribution in [2.24, 2.45) is 17.6 Å². The molecule has 1 aromatic carbocycles. The lowest BCUT2D eigenvalue weighted by molar-refractivity contribution is -0.0161. The Morgan fingerprint density at radius 3 is 2.39 bits per heavy atom. The van der Waals surface area contributed by atoms with E-state index in [1.54, 1.807) is 28.6 Å². The van der Waals surface area contributed by atoms with Crippen LogP contribution in [0.25, 0.3) is 0 Å². The highest BCUT2D eigenvalue weighted by Gasteiger charge is 2.38. The van der Waals surface area contributed by atoms with E-state index in [0.29, 0.717) is 24.1 Å². The van der Waals surface area contributed by atoms with E-state index in [1.807, 2.05) is 0 Å². The maximum atomic E-state index is 13.2. The third-order valence-corrected chi connectivity index (χ3v) is 8.56. The summed E-state index contributed by atoms with van der Waals surface area (Å²) in [5.74, 6) is 1.49. The average Bonchev–Trinajstić information content (AvgIpc) is 2.67. The first-order valence-electron chi connectivity index (χ1n) is 10.4. The van der Waals surface area contributed by atoms with Crippen LogP contribution in [0.3, 0.4) is 0 Å². The molecule has 7 heteroatoms. The molecule has 2 aliphatic rings. The van der Waals surface area contributed by atoms with Crippen LogP contribution in [0, 0.1) is 11.8 Å². The SMILES string of the molecule is CC(C)C1CCC(OC[C@H]2[C@@H](N)CCCN2S(=O)(=O)c2ccc(Cl)cc2)CC1. The second-order valence-corrected chi connectivity index (χ2v) is 10.9. The van der Waals surface area contributed by atoms with Crippen molar-refractivity contribution < 1.29 is 13.2 Å². The number of sulfonamides is 1. The van der Waals surface area contributed by atoms with Crippen LogP contribution >= 0.6 is 11.6 Å². The van der Waals surface area contributed by atoms with Gasteiger partial charge in [-0.25, -0.2) is 8.42 Å². The molecule has 2 N–H and O–H groups in total. The van der Waals surface area contributed by atoms with Crippen molar-refractivity contribution in [2.75, 3.05) is 13.2 Å². The van der Waals surface area contributed by atoms with Crippen molar-refractivity contribution in [3.05, 3.63) is 29.3 Å². The first kappa shape index (κ1) is 22.0. The number of hydrogen-bond donors (Lipinski definition) is 1. The fourth-order valence-corrected chi connectivity index (χ4v) is 6.28. The molecule has 0 bridgehead atoms. The summed E-state index contributed by atoms with van der Waals surface area (Å²) in [6.07, 6.45) is 6.27. The molecule has 5 nitrogen and oxygen atoms in total. The van der Waals surface area contributed by atoms with Crippen LogP contribution in [0.5, 0.6) is 0 Å². The van der Waals surface area contributed by atoms with Crippen molar-refractivity contribution in [1.82, 2.24) is 4.31 Å². The monoisotopic (exact) mass is 428 g/mol. The van der Waals surface area contributed by atoms with Crippen LogP contribution in [0.2, 0.25) is 5.02 Å². The molecule has 2 fully saturated rings. The number of halogens is 1. The van der Waals surface area contributed by atoms with Crippen LogP contribution in [-0.4, -0.2) is 44.1 Å². The predicted octanol–water partition coefficient (Wildman–Crippen LogP) is 4.05. The number of rotatable bonds is 6. The average molecular weight is 429 g/mol. The van der Waals surface area contributed by atoms with Gasteiger partial charge in [-0.2, -0.15) is 4.31 Å². The Morgan fingerprint density at radius 1 is 1.14 bits per heavy atom. The number of ether oxygens (including phenoxy) is 1. The van der Waals surface area contributed by atoms with Gasteiger partial charge in [-0.15, -0.1) is 0 Å². The van der Waals surface area contributed by atoms with E-state index >= 15 is 0 Å². The van der Waals surface area contributed by atoms with Gasteiger partial charge < -0.3 is 10.5 Å². The second-order valence-electron chi connectivity index (χ2n) is 8.56. The molecule has 1 heterocycles. The second kappa shape index (κ2) is 9.43. The van der Waals surface area contributed by atoms with Crippen molar-refractivity contribution in [1.29, 1.82) is 0 Å². The van der Waals surface area contributed by atoms with Crippen molar-refractivity contribution >= 4 is 21.6 Å². The third kappa shape index (κ3) is 5.08. The third-order valence-electron chi connectivity index (χ3n) is 6.36. The normalized spacial score (nSPS) is 29.9. The van der Waals surface area contributed by atoms with E-state index in [0.717, 1.165) is 31.6 Å². The Labute approximate surface area is 174 Å². The Kier molecular flexibility index (Phi) is 7.42. The lowest BCUT2D eigenvalue weighted by Crippen LogP contribution is -2.56. The zero-order valence-electron chi connectivity index (χ0n) is 16.9. The van der Waals surface area contributed by atoms with Gasteiger partial charge in [0.1, 0.15) is 0 Å².